The van der Waals surface area contributed by atoms with Gasteiger partial charge in [-0.15, -0.1) is 11.3 Å². The number of benzene rings is 1. The van der Waals surface area contributed by atoms with Crippen LogP contribution in [0.5, 0.6) is 5.75 Å². The first-order chi connectivity index (χ1) is 6.61. The van der Waals surface area contributed by atoms with Crippen LogP contribution in [-0.2, 0) is 0 Å². The summed E-state index contributed by atoms with van der Waals surface area (Å²) in [5.41, 5.74) is 5.02. The fraction of sp³-hybridized carbons (Fsp3) is 0. The fourth-order valence-electron chi connectivity index (χ4n) is 1.29. The van der Waals surface area contributed by atoms with Crippen molar-refractivity contribution in [2.45, 2.75) is 0 Å². The molecule has 72 valence electrons. The van der Waals surface area contributed by atoms with Crippen molar-refractivity contribution in [2.24, 2.45) is 0 Å². The van der Waals surface area contributed by atoms with Gasteiger partial charge in [-0.3, -0.25) is 10.1 Å². The lowest BCUT2D eigenvalue weighted by molar-refractivity contribution is -0.384. The van der Waals surface area contributed by atoms with Crippen LogP contribution in [0.1, 0.15) is 0 Å². The normalized spacial score (nSPS) is 10.6. The van der Waals surface area contributed by atoms with E-state index in [-0.39, 0.29) is 11.4 Å². The Kier molecular flexibility index (Phi) is 1.78. The van der Waals surface area contributed by atoms with Crippen molar-refractivity contribution in [3.8, 4) is 5.75 Å². The molecule has 0 saturated carbocycles. The third-order valence-corrected chi connectivity index (χ3v) is 2.78. The van der Waals surface area contributed by atoms with Gasteiger partial charge in [0.2, 0.25) is 5.75 Å². The number of fused-ring (bicyclic) bond motifs is 1. The van der Waals surface area contributed by atoms with Crippen molar-refractivity contribution in [1.82, 2.24) is 0 Å². The van der Waals surface area contributed by atoms with Gasteiger partial charge in [-0.05, 0) is 17.5 Å². The number of nitro groups is 1. The first-order valence-electron chi connectivity index (χ1n) is 3.74. The van der Waals surface area contributed by atoms with Crippen molar-refractivity contribution in [3.63, 3.8) is 0 Å². The lowest BCUT2D eigenvalue weighted by Gasteiger charge is -2.00. The van der Waals surface area contributed by atoms with Gasteiger partial charge in [0.05, 0.1) is 4.92 Å². The number of hydrogen-bond acceptors (Lipinski definition) is 5. The number of thiophene rings is 1. The van der Waals surface area contributed by atoms with Crippen molar-refractivity contribution in [2.75, 3.05) is 5.73 Å². The summed E-state index contributed by atoms with van der Waals surface area (Å²) in [6, 6.07) is 3.12. The van der Waals surface area contributed by atoms with Gasteiger partial charge in [-0.25, -0.2) is 0 Å². The van der Waals surface area contributed by atoms with E-state index in [1.54, 1.807) is 11.4 Å². The van der Waals surface area contributed by atoms with E-state index in [0.717, 1.165) is 4.70 Å². The molecule has 0 atom stereocenters. The Bertz CT molecular complexity index is 521. The number of nitrogens with zero attached hydrogens (tertiary/aromatic N) is 1. The highest BCUT2D eigenvalue weighted by molar-refractivity contribution is 7.17. The SMILES string of the molecule is Nc1cc2sccc2c(O)c1[N+](=O)[O-]. The molecular weight excluding hydrogens is 204 g/mol. The lowest BCUT2D eigenvalue weighted by atomic mass is 10.2. The topological polar surface area (TPSA) is 89.4 Å². The average molecular weight is 210 g/mol. The number of anilines is 1. The maximum atomic E-state index is 10.6. The van der Waals surface area contributed by atoms with Gasteiger partial charge in [0.15, 0.2) is 0 Å². The van der Waals surface area contributed by atoms with E-state index in [1.807, 2.05) is 0 Å². The van der Waals surface area contributed by atoms with Crippen molar-refractivity contribution >= 4 is 32.8 Å². The third-order valence-electron chi connectivity index (χ3n) is 1.92. The number of nitrogen functional groups attached to an aromatic ring is 1. The molecule has 0 aliphatic rings. The summed E-state index contributed by atoms with van der Waals surface area (Å²) in [7, 11) is 0. The predicted octanol–water partition coefficient (Wildman–Crippen LogP) is 2.10. The van der Waals surface area contributed by atoms with E-state index in [0.29, 0.717) is 5.39 Å². The van der Waals surface area contributed by atoms with E-state index in [4.69, 9.17) is 5.73 Å². The Morgan fingerprint density at radius 1 is 1.57 bits per heavy atom. The average Bonchev–Trinajstić information content (AvgIpc) is 2.50. The molecule has 1 heterocycles. The van der Waals surface area contributed by atoms with E-state index >= 15 is 0 Å². The second-order valence-corrected chi connectivity index (χ2v) is 3.70. The van der Waals surface area contributed by atoms with Gasteiger partial charge in [0.1, 0.15) is 5.69 Å². The van der Waals surface area contributed by atoms with Crippen molar-refractivity contribution < 1.29 is 10.0 Å². The predicted molar refractivity (Wildman–Crippen MR) is 54.6 cm³/mol. The van der Waals surface area contributed by atoms with Crippen molar-refractivity contribution in [3.05, 3.63) is 27.6 Å². The number of nitro benzene ring substituents is 1. The molecule has 0 bridgehead atoms. The van der Waals surface area contributed by atoms with Gasteiger partial charge >= 0.3 is 5.69 Å². The molecule has 2 aromatic rings. The summed E-state index contributed by atoms with van der Waals surface area (Å²) in [4.78, 5) is 9.90. The summed E-state index contributed by atoms with van der Waals surface area (Å²) >= 11 is 1.37. The minimum absolute atomic E-state index is 0.0116. The number of phenolic OH excluding ortho intramolecular Hbond substituents is 1. The smallest absolute Gasteiger partial charge is 0.334 e. The summed E-state index contributed by atoms with van der Waals surface area (Å²) in [6.07, 6.45) is 0. The van der Waals surface area contributed by atoms with Gasteiger partial charge in [0.25, 0.3) is 0 Å². The molecule has 6 heteroatoms. The first kappa shape index (κ1) is 8.76. The molecule has 5 nitrogen and oxygen atoms in total. The molecule has 14 heavy (non-hydrogen) atoms. The number of rotatable bonds is 1. The summed E-state index contributed by atoms with van der Waals surface area (Å²) in [5.74, 6) is -0.355. The second kappa shape index (κ2) is 2.85. The summed E-state index contributed by atoms with van der Waals surface area (Å²) in [5, 5.41) is 22.4. The van der Waals surface area contributed by atoms with Crippen molar-refractivity contribution in [1.29, 1.82) is 0 Å². The van der Waals surface area contributed by atoms with E-state index in [2.05, 4.69) is 0 Å². The van der Waals surface area contributed by atoms with Crippen LogP contribution in [-0.4, -0.2) is 10.0 Å². The standard InChI is InChI=1S/C8H6N2O3S/c9-5-3-6-4(1-2-14-6)8(11)7(5)10(12)13/h1-3,11H,9H2. The molecule has 2 rings (SSSR count). The Balaban J connectivity index is 2.89. The maximum absolute atomic E-state index is 10.6. The highest BCUT2D eigenvalue weighted by Crippen LogP contribution is 2.41. The molecule has 3 N–H and O–H groups in total. The highest BCUT2D eigenvalue weighted by Gasteiger charge is 2.21. The van der Waals surface area contributed by atoms with Crippen LogP contribution >= 0.6 is 11.3 Å². The van der Waals surface area contributed by atoms with Gasteiger partial charge in [0, 0.05) is 10.1 Å². The van der Waals surface area contributed by atoms with E-state index in [9.17, 15) is 15.2 Å². The molecule has 0 unspecified atom stereocenters. The Hall–Kier alpha value is -1.82. The molecule has 0 aliphatic carbocycles. The molecule has 1 aromatic carbocycles. The van der Waals surface area contributed by atoms with Crippen LogP contribution in [0.2, 0.25) is 0 Å². The monoisotopic (exact) mass is 210 g/mol. The fourth-order valence-corrected chi connectivity index (χ4v) is 2.13. The van der Waals surface area contributed by atoms with Gasteiger partial charge < -0.3 is 10.8 Å². The number of hydrogen-bond donors (Lipinski definition) is 2. The van der Waals surface area contributed by atoms with Crippen LogP contribution in [0, 0.1) is 10.1 Å². The Morgan fingerprint density at radius 2 is 2.29 bits per heavy atom. The molecular formula is C8H6N2O3S. The number of aromatic hydroxyl groups is 1. The van der Waals surface area contributed by atoms with E-state index < -0.39 is 10.6 Å². The minimum Gasteiger partial charge on any atom is -0.502 e. The molecule has 0 saturated heterocycles. The van der Waals surface area contributed by atoms with Gasteiger partial charge in [-0.1, -0.05) is 0 Å². The first-order valence-corrected chi connectivity index (χ1v) is 4.62. The number of phenols is 1. The van der Waals surface area contributed by atoms with Crippen LogP contribution in [0.4, 0.5) is 11.4 Å². The quantitative estimate of drug-likeness (QED) is 0.428. The van der Waals surface area contributed by atoms with Crippen LogP contribution < -0.4 is 5.73 Å². The highest BCUT2D eigenvalue weighted by atomic mass is 32.1. The molecule has 1 aromatic heterocycles. The molecule has 0 aliphatic heterocycles. The maximum Gasteiger partial charge on any atom is 0.334 e. The summed E-state index contributed by atoms with van der Waals surface area (Å²) in [6.45, 7) is 0. The van der Waals surface area contributed by atoms with Crippen LogP contribution in [0.25, 0.3) is 10.1 Å². The minimum atomic E-state index is -0.679. The molecule has 0 radical (unpaired) electrons. The van der Waals surface area contributed by atoms with Crippen LogP contribution in [0.15, 0.2) is 17.5 Å². The summed E-state index contributed by atoms with van der Waals surface area (Å²) < 4.78 is 0.741. The zero-order valence-corrected chi connectivity index (χ0v) is 7.75. The molecule has 0 amide bonds. The third kappa shape index (κ3) is 1.08. The molecule has 0 fully saturated rings. The Morgan fingerprint density at radius 3 is 2.93 bits per heavy atom. The lowest BCUT2D eigenvalue weighted by Crippen LogP contribution is -1.95. The second-order valence-electron chi connectivity index (χ2n) is 2.75. The largest absolute Gasteiger partial charge is 0.502 e. The number of nitrogens with two attached hydrogens (primary N) is 1. The van der Waals surface area contributed by atoms with Crippen LogP contribution in [0.3, 0.4) is 0 Å². The Labute approximate surface area is 82.5 Å². The van der Waals surface area contributed by atoms with Gasteiger partial charge in [-0.2, -0.15) is 0 Å². The zero-order chi connectivity index (χ0) is 10.3. The zero-order valence-electron chi connectivity index (χ0n) is 6.93. The van der Waals surface area contributed by atoms with E-state index in [1.165, 1.54) is 17.4 Å². The molecule has 0 spiro atoms.